The fourth-order valence-electron chi connectivity index (χ4n) is 3.79. The first-order valence-corrected chi connectivity index (χ1v) is 7.42. The van der Waals surface area contributed by atoms with Gasteiger partial charge in [-0.25, -0.2) is 4.79 Å². The zero-order chi connectivity index (χ0) is 13.9. The molecule has 106 valence electrons. The second-order valence-corrected chi connectivity index (χ2v) is 6.26. The Labute approximate surface area is 116 Å². The number of piperidine rings is 1. The van der Waals surface area contributed by atoms with Crippen molar-refractivity contribution in [3.63, 3.8) is 0 Å². The van der Waals surface area contributed by atoms with Gasteiger partial charge < -0.3 is 4.90 Å². The van der Waals surface area contributed by atoms with Gasteiger partial charge in [0.2, 0.25) is 0 Å². The van der Waals surface area contributed by atoms with Crippen molar-refractivity contribution in [2.75, 3.05) is 4.90 Å². The average Bonchev–Trinajstić information content (AvgIpc) is 3.22. The van der Waals surface area contributed by atoms with Crippen molar-refractivity contribution < 1.29 is 0 Å². The van der Waals surface area contributed by atoms with E-state index in [0.29, 0.717) is 17.9 Å². The molecule has 0 spiro atoms. The van der Waals surface area contributed by atoms with Gasteiger partial charge in [-0.2, -0.15) is 0 Å². The minimum absolute atomic E-state index is 0.227. The molecular weight excluding hydrogens is 254 g/mol. The molecule has 1 aliphatic carbocycles. The largest absolute Gasteiger partial charge is 0.351 e. The Morgan fingerprint density at radius 2 is 1.75 bits per heavy atom. The van der Waals surface area contributed by atoms with E-state index in [4.69, 9.17) is 0 Å². The summed E-state index contributed by atoms with van der Waals surface area (Å²) in [6.07, 6.45) is 7.14. The summed E-state index contributed by atoms with van der Waals surface area (Å²) in [7, 11) is 1.51. The van der Waals surface area contributed by atoms with Gasteiger partial charge in [-0.05, 0) is 38.5 Å². The molecule has 3 fully saturated rings. The number of H-pyrrole nitrogens is 1. The number of fused-ring (bicyclic) bond motifs is 2. The van der Waals surface area contributed by atoms with E-state index in [-0.39, 0.29) is 11.2 Å². The zero-order valence-corrected chi connectivity index (χ0v) is 11.7. The number of hydrogen-bond acceptors (Lipinski definition) is 3. The number of aromatic amines is 1. The monoisotopic (exact) mass is 273 g/mol. The molecule has 3 aliphatic rings. The lowest BCUT2D eigenvalue weighted by Gasteiger charge is -2.37. The van der Waals surface area contributed by atoms with Crippen LogP contribution in [0.1, 0.15) is 38.5 Å². The smallest absolute Gasteiger partial charge is 0.329 e. The zero-order valence-electron chi connectivity index (χ0n) is 11.7. The Morgan fingerprint density at radius 3 is 2.30 bits per heavy atom. The van der Waals surface area contributed by atoms with Gasteiger partial charge in [-0.15, -0.1) is 0 Å². The number of anilines is 1. The maximum atomic E-state index is 11.8. The van der Waals surface area contributed by atoms with Gasteiger partial charge >= 0.3 is 5.69 Å². The van der Waals surface area contributed by atoms with Crippen LogP contribution in [0.25, 0.3) is 0 Å². The summed E-state index contributed by atoms with van der Waals surface area (Å²) in [6, 6.07) is 2.49. The highest BCUT2D eigenvalue weighted by Crippen LogP contribution is 2.45. The predicted molar refractivity (Wildman–Crippen MR) is 77.1 cm³/mol. The summed E-state index contributed by atoms with van der Waals surface area (Å²) in [4.78, 5) is 28.8. The molecule has 20 heavy (non-hydrogen) atoms. The number of allylic oxidation sites excluding steroid dienone is 1. The minimum atomic E-state index is -0.321. The topological polar surface area (TPSA) is 58.1 Å². The van der Waals surface area contributed by atoms with Crippen LogP contribution in [-0.4, -0.2) is 21.6 Å². The number of rotatable bonds is 1. The van der Waals surface area contributed by atoms with E-state index < -0.39 is 0 Å². The molecule has 2 saturated heterocycles. The van der Waals surface area contributed by atoms with Crippen molar-refractivity contribution in [3.8, 4) is 0 Å². The first kappa shape index (κ1) is 12.0. The van der Waals surface area contributed by atoms with Gasteiger partial charge in [0.15, 0.2) is 0 Å². The van der Waals surface area contributed by atoms with Crippen LogP contribution in [0, 0.1) is 0 Å². The van der Waals surface area contributed by atoms with E-state index in [1.54, 1.807) is 17.2 Å². The molecule has 0 aromatic carbocycles. The van der Waals surface area contributed by atoms with Gasteiger partial charge in [0, 0.05) is 25.2 Å². The van der Waals surface area contributed by atoms with Crippen molar-refractivity contribution in [2.45, 2.75) is 50.6 Å². The van der Waals surface area contributed by atoms with Gasteiger partial charge in [0.05, 0.1) is 0 Å². The van der Waals surface area contributed by atoms with Crippen molar-refractivity contribution in [1.29, 1.82) is 0 Å². The van der Waals surface area contributed by atoms with Crippen LogP contribution in [0.15, 0.2) is 26.8 Å². The molecule has 1 aromatic rings. The van der Waals surface area contributed by atoms with Gasteiger partial charge in [0.1, 0.15) is 5.82 Å². The maximum absolute atomic E-state index is 11.8. The van der Waals surface area contributed by atoms with Crippen LogP contribution in [0.4, 0.5) is 5.82 Å². The summed E-state index contributed by atoms with van der Waals surface area (Å²) >= 11 is 0. The Kier molecular flexibility index (Phi) is 2.46. The van der Waals surface area contributed by atoms with E-state index in [1.165, 1.54) is 32.7 Å². The standard InChI is InChI=1S/C15H19N3O2/c1-17-14(19)8-13(16-15(17)20)18-11-4-5-12(18)7-10(6-11)9-2-3-9/h8,11-12H,2-7H2,1H3,(H,16,20). The van der Waals surface area contributed by atoms with E-state index in [2.05, 4.69) is 9.88 Å². The number of nitrogens with one attached hydrogen (secondary N) is 1. The lowest BCUT2D eigenvalue weighted by molar-refractivity contribution is 0.539. The van der Waals surface area contributed by atoms with Crippen LogP contribution in [0.5, 0.6) is 0 Å². The third kappa shape index (κ3) is 1.76. The summed E-state index contributed by atoms with van der Waals surface area (Å²) in [6.45, 7) is 0. The van der Waals surface area contributed by atoms with Gasteiger partial charge in [-0.1, -0.05) is 11.1 Å². The number of aromatic nitrogens is 2. The second kappa shape index (κ2) is 4.11. The predicted octanol–water partition coefficient (Wildman–Crippen LogP) is 1.30. The highest BCUT2D eigenvalue weighted by Gasteiger charge is 2.40. The molecule has 1 N–H and O–H groups in total. The van der Waals surface area contributed by atoms with Crippen LogP contribution >= 0.6 is 0 Å². The van der Waals surface area contributed by atoms with E-state index >= 15 is 0 Å². The number of nitrogens with zero attached hydrogens (tertiary/aromatic N) is 2. The molecule has 0 radical (unpaired) electrons. The fraction of sp³-hybridized carbons (Fsp3) is 0.600. The Balaban J connectivity index is 1.72. The van der Waals surface area contributed by atoms with Crippen LogP contribution in [0.2, 0.25) is 0 Å². The van der Waals surface area contributed by atoms with Crippen molar-refractivity contribution in [1.82, 2.24) is 9.55 Å². The second-order valence-electron chi connectivity index (χ2n) is 6.26. The normalized spacial score (nSPS) is 28.1. The molecule has 3 heterocycles. The third-order valence-corrected chi connectivity index (χ3v) is 4.99. The molecule has 2 aliphatic heterocycles. The SMILES string of the molecule is Cn1c(=O)cc(N2C3CCC2CC(=C2CC2)C3)[nH]c1=O. The molecule has 5 heteroatoms. The lowest BCUT2D eigenvalue weighted by Crippen LogP contribution is -2.44. The van der Waals surface area contributed by atoms with Crippen LogP contribution < -0.4 is 16.1 Å². The fourth-order valence-corrected chi connectivity index (χ4v) is 3.79. The van der Waals surface area contributed by atoms with Gasteiger partial charge in [0.25, 0.3) is 5.56 Å². The van der Waals surface area contributed by atoms with E-state index in [9.17, 15) is 9.59 Å². The highest BCUT2D eigenvalue weighted by atomic mass is 16.2. The van der Waals surface area contributed by atoms with Crippen molar-refractivity contribution in [2.24, 2.45) is 7.05 Å². The molecule has 2 atom stereocenters. The first-order chi connectivity index (χ1) is 9.63. The third-order valence-electron chi connectivity index (χ3n) is 4.99. The quantitative estimate of drug-likeness (QED) is 0.785. The Morgan fingerprint density at radius 1 is 1.10 bits per heavy atom. The molecule has 5 nitrogen and oxygen atoms in total. The van der Waals surface area contributed by atoms with E-state index in [0.717, 1.165) is 17.4 Å². The minimum Gasteiger partial charge on any atom is -0.351 e. The molecule has 4 rings (SSSR count). The first-order valence-electron chi connectivity index (χ1n) is 7.42. The molecule has 0 amide bonds. The van der Waals surface area contributed by atoms with E-state index in [1.807, 2.05) is 0 Å². The summed E-state index contributed by atoms with van der Waals surface area (Å²) < 4.78 is 1.12. The summed E-state index contributed by atoms with van der Waals surface area (Å²) in [5.41, 5.74) is 2.77. The maximum Gasteiger partial charge on any atom is 0.329 e. The molecule has 2 unspecified atom stereocenters. The number of hydrogen-bond donors (Lipinski definition) is 1. The Bertz CT molecular complexity index is 659. The van der Waals surface area contributed by atoms with Gasteiger partial charge in [-0.3, -0.25) is 14.3 Å². The molecule has 2 bridgehead atoms. The molecular formula is C15H19N3O2. The molecule has 1 aromatic heterocycles. The average molecular weight is 273 g/mol. The van der Waals surface area contributed by atoms with Crippen LogP contribution in [0.3, 0.4) is 0 Å². The van der Waals surface area contributed by atoms with Crippen molar-refractivity contribution in [3.05, 3.63) is 38.1 Å². The van der Waals surface area contributed by atoms with Crippen molar-refractivity contribution >= 4 is 5.82 Å². The highest BCUT2D eigenvalue weighted by molar-refractivity contribution is 5.46. The summed E-state index contributed by atoms with van der Waals surface area (Å²) in [5, 5.41) is 0. The lowest BCUT2D eigenvalue weighted by atomic mass is 9.96. The molecule has 1 saturated carbocycles. The Hall–Kier alpha value is -1.78. The summed E-state index contributed by atoms with van der Waals surface area (Å²) in [5.74, 6) is 0.713. The van der Waals surface area contributed by atoms with Crippen LogP contribution in [-0.2, 0) is 7.05 Å².